The van der Waals surface area contributed by atoms with Crippen LogP contribution in [-0.2, 0) is 4.74 Å². The lowest BCUT2D eigenvalue weighted by atomic mass is 10.1. The molecule has 1 amide bonds. The van der Waals surface area contributed by atoms with Crippen molar-refractivity contribution in [2.75, 3.05) is 13.2 Å². The first-order chi connectivity index (χ1) is 9.56. The maximum absolute atomic E-state index is 11.8. The molecule has 0 aromatic rings. The molecular weight excluding hydrogens is 280 g/mol. The summed E-state index contributed by atoms with van der Waals surface area (Å²) < 4.78 is 5.17. The number of ether oxygens (including phenoxy) is 1. The summed E-state index contributed by atoms with van der Waals surface area (Å²) in [6, 6.07) is -1.04. The molecule has 1 aliphatic rings. The van der Waals surface area contributed by atoms with Crippen LogP contribution in [0.4, 0.5) is 4.79 Å². The molecule has 0 bridgehead atoms. The minimum atomic E-state index is -1.29. The number of hydroxylamine groups is 2. The van der Waals surface area contributed by atoms with Crippen molar-refractivity contribution in [3.63, 3.8) is 0 Å². The van der Waals surface area contributed by atoms with E-state index < -0.39 is 42.5 Å². The second kappa shape index (κ2) is 6.29. The van der Waals surface area contributed by atoms with Crippen molar-refractivity contribution in [3.05, 3.63) is 11.8 Å². The van der Waals surface area contributed by atoms with Crippen molar-refractivity contribution in [1.82, 2.24) is 10.4 Å². The molecule has 0 saturated carbocycles. The Morgan fingerprint density at radius 3 is 2.29 bits per heavy atom. The fraction of sp³-hybridized carbons (Fsp3) is 0.769. The van der Waals surface area contributed by atoms with Gasteiger partial charge in [-0.15, -0.1) is 0 Å². The smallest absolute Gasteiger partial charge is 0.412 e. The maximum atomic E-state index is 11.8. The third-order valence-corrected chi connectivity index (χ3v) is 3.52. The van der Waals surface area contributed by atoms with E-state index in [1.54, 1.807) is 33.8 Å². The lowest BCUT2D eigenvalue weighted by molar-refractivity contribution is -0.190. The average molecular weight is 304 g/mol. The van der Waals surface area contributed by atoms with Crippen LogP contribution >= 0.6 is 0 Å². The Hall–Kier alpha value is -1.19. The summed E-state index contributed by atoms with van der Waals surface area (Å²) in [7, 11) is 0. The number of alkyl carbamates (subject to hydrolysis) is 1. The molecule has 21 heavy (non-hydrogen) atoms. The van der Waals surface area contributed by atoms with Crippen LogP contribution in [0.1, 0.15) is 27.7 Å². The zero-order chi connectivity index (χ0) is 16.4. The number of nitrogens with zero attached hydrogens (tertiary/aromatic N) is 1. The Morgan fingerprint density at radius 1 is 1.33 bits per heavy atom. The third-order valence-electron chi connectivity index (χ3n) is 3.52. The Bertz CT molecular complexity index is 421. The maximum Gasteiger partial charge on any atom is 0.412 e. The fourth-order valence-corrected chi connectivity index (χ4v) is 2.21. The van der Waals surface area contributed by atoms with Gasteiger partial charge < -0.3 is 30.6 Å². The van der Waals surface area contributed by atoms with Crippen LogP contribution in [0.2, 0.25) is 0 Å². The highest BCUT2D eigenvalue weighted by Crippen LogP contribution is 2.38. The third kappa shape index (κ3) is 3.72. The summed E-state index contributed by atoms with van der Waals surface area (Å²) in [6.45, 7) is 5.75. The molecular formula is C13H24N2O6. The largest absolute Gasteiger partial charge is 0.413 e. The van der Waals surface area contributed by atoms with E-state index in [0.717, 1.165) is 5.06 Å². The van der Waals surface area contributed by atoms with Gasteiger partial charge in [0.15, 0.2) is 0 Å². The fourth-order valence-electron chi connectivity index (χ4n) is 2.21. The summed E-state index contributed by atoms with van der Waals surface area (Å²) in [5, 5.41) is 40.7. The van der Waals surface area contributed by atoms with E-state index in [1.807, 2.05) is 0 Å². The van der Waals surface area contributed by atoms with Crippen molar-refractivity contribution < 1.29 is 30.1 Å². The van der Waals surface area contributed by atoms with E-state index >= 15 is 0 Å². The number of carbonyl (C=O) groups excluding carboxylic acids is 1. The molecule has 1 aliphatic heterocycles. The number of hydrogen-bond donors (Lipinski definition) is 5. The Labute approximate surface area is 123 Å². The molecule has 1 heterocycles. The van der Waals surface area contributed by atoms with Gasteiger partial charge in [0, 0.05) is 0 Å². The van der Waals surface area contributed by atoms with E-state index in [9.17, 15) is 15.1 Å². The Balaban J connectivity index is 2.75. The van der Waals surface area contributed by atoms with Crippen LogP contribution in [0, 0.1) is 0 Å². The predicted octanol–water partition coefficient (Wildman–Crippen LogP) is -0.427. The zero-order valence-corrected chi connectivity index (χ0v) is 12.7. The van der Waals surface area contributed by atoms with Gasteiger partial charge in [-0.3, -0.25) is 0 Å². The Morgan fingerprint density at radius 2 is 1.90 bits per heavy atom. The molecule has 0 radical (unpaired) electrons. The number of carbonyl (C=O) groups is 1. The van der Waals surface area contributed by atoms with Crippen molar-refractivity contribution in [3.8, 4) is 0 Å². The van der Waals surface area contributed by atoms with Crippen molar-refractivity contribution >= 4 is 6.09 Å². The molecule has 8 nitrogen and oxygen atoms in total. The Kier molecular flexibility index (Phi) is 5.35. The van der Waals surface area contributed by atoms with E-state index in [-0.39, 0.29) is 5.76 Å². The second-order valence-corrected chi connectivity index (χ2v) is 6.11. The standard InChI is InChI=1S/C13H24N2O6/c1-12(2)5-10(13(3,4)15(12)20)21-11(19)14-8(6-16)9(18)7-17/h5,8-9,16-18,20H,6-7H2,1-4H3,(H,14,19). The number of nitrogens with one attached hydrogen (secondary N) is 1. The number of hydrogen-bond acceptors (Lipinski definition) is 7. The van der Waals surface area contributed by atoms with E-state index in [1.165, 1.54) is 0 Å². The molecule has 8 heteroatoms. The summed E-state index contributed by atoms with van der Waals surface area (Å²) >= 11 is 0. The first kappa shape index (κ1) is 17.9. The van der Waals surface area contributed by atoms with Crippen molar-refractivity contribution in [2.24, 2.45) is 0 Å². The van der Waals surface area contributed by atoms with Gasteiger partial charge in [0.05, 0.1) is 36.4 Å². The number of amides is 1. The highest BCUT2D eigenvalue weighted by atomic mass is 16.6. The molecule has 0 spiro atoms. The van der Waals surface area contributed by atoms with Crippen LogP contribution in [-0.4, -0.2) is 68.1 Å². The summed E-state index contributed by atoms with van der Waals surface area (Å²) in [5.41, 5.74) is -1.59. The molecule has 122 valence electrons. The van der Waals surface area contributed by atoms with Crippen LogP contribution in [0.15, 0.2) is 11.8 Å². The molecule has 2 unspecified atom stereocenters. The summed E-state index contributed by atoms with van der Waals surface area (Å²) in [4.78, 5) is 11.8. The van der Waals surface area contributed by atoms with Gasteiger partial charge in [-0.25, -0.2) is 4.79 Å². The van der Waals surface area contributed by atoms with Crippen molar-refractivity contribution in [2.45, 2.75) is 50.9 Å². The summed E-state index contributed by atoms with van der Waals surface area (Å²) in [5.74, 6) is 0.252. The van der Waals surface area contributed by atoms with Crippen LogP contribution in [0.5, 0.6) is 0 Å². The summed E-state index contributed by atoms with van der Waals surface area (Å²) in [6.07, 6.45) is -0.561. The number of aliphatic hydroxyl groups is 3. The monoisotopic (exact) mass is 304 g/mol. The van der Waals surface area contributed by atoms with Gasteiger partial charge in [0.1, 0.15) is 5.76 Å². The number of rotatable bonds is 5. The molecule has 0 aromatic carbocycles. The molecule has 0 aliphatic carbocycles. The molecule has 2 atom stereocenters. The van der Waals surface area contributed by atoms with Gasteiger partial charge >= 0.3 is 6.09 Å². The molecule has 1 rings (SSSR count). The highest BCUT2D eigenvalue weighted by molar-refractivity contribution is 5.69. The SMILES string of the molecule is CC1(C)C=C(OC(=O)NC(CO)C(O)CO)C(C)(C)N1O. The quantitative estimate of drug-likeness (QED) is 0.467. The van der Waals surface area contributed by atoms with Gasteiger partial charge in [-0.2, -0.15) is 5.06 Å². The van der Waals surface area contributed by atoms with Gasteiger partial charge in [-0.1, -0.05) is 0 Å². The predicted molar refractivity (Wildman–Crippen MR) is 73.4 cm³/mol. The van der Waals surface area contributed by atoms with Crippen LogP contribution in [0.25, 0.3) is 0 Å². The number of aliphatic hydroxyl groups excluding tert-OH is 3. The lowest BCUT2D eigenvalue weighted by Gasteiger charge is -2.35. The molecule has 5 N–H and O–H groups in total. The normalized spacial score (nSPS) is 23.3. The van der Waals surface area contributed by atoms with Crippen molar-refractivity contribution in [1.29, 1.82) is 0 Å². The van der Waals surface area contributed by atoms with Gasteiger partial charge in [0.25, 0.3) is 0 Å². The highest BCUT2D eigenvalue weighted by Gasteiger charge is 2.47. The van der Waals surface area contributed by atoms with E-state index in [2.05, 4.69) is 5.32 Å². The van der Waals surface area contributed by atoms with E-state index in [4.69, 9.17) is 14.9 Å². The molecule has 0 aromatic heterocycles. The minimum absolute atomic E-state index is 0.252. The van der Waals surface area contributed by atoms with Gasteiger partial charge in [-0.05, 0) is 33.8 Å². The van der Waals surface area contributed by atoms with Crippen LogP contribution < -0.4 is 5.32 Å². The van der Waals surface area contributed by atoms with E-state index in [0.29, 0.717) is 0 Å². The average Bonchev–Trinajstić information content (AvgIpc) is 2.55. The topological polar surface area (TPSA) is 122 Å². The minimum Gasteiger partial charge on any atom is -0.413 e. The second-order valence-electron chi connectivity index (χ2n) is 6.11. The zero-order valence-electron chi connectivity index (χ0n) is 12.7. The van der Waals surface area contributed by atoms with Gasteiger partial charge in [0.2, 0.25) is 0 Å². The van der Waals surface area contributed by atoms with Crippen LogP contribution in [0.3, 0.4) is 0 Å². The molecule has 0 saturated heterocycles. The first-order valence-electron chi connectivity index (χ1n) is 6.67. The lowest BCUT2D eigenvalue weighted by Crippen LogP contribution is -2.50. The first-order valence-corrected chi connectivity index (χ1v) is 6.67. The molecule has 0 fully saturated rings.